The molecule has 100 valence electrons. The summed E-state index contributed by atoms with van der Waals surface area (Å²) in [5, 5.41) is 8.16. The van der Waals surface area contributed by atoms with Gasteiger partial charge in [-0.3, -0.25) is 0 Å². The molecule has 0 amide bonds. The molecule has 0 spiro atoms. The molecule has 2 aromatic carbocycles. The fourth-order valence-corrected chi connectivity index (χ4v) is 2.49. The van der Waals surface area contributed by atoms with Crippen molar-refractivity contribution in [1.29, 1.82) is 0 Å². The Morgan fingerprint density at radius 1 is 1.00 bits per heavy atom. The predicted molar refractivity (Wildman–Crippen MR) is 79.7 cm³/mol. The molecule has 0 aliphatic carbocycles. The second-order valence-corrected chi connectivity index (χ2v) is 6.38. The zero-order valence-electron chi connectivity index (χ0n) is 9.80. The van der Waals surface area contributed by atoms with Gasteiger partial charge in [-0.15, -0.1) is 0 Å². The standard InChI is InChI=1S/C12H12BrN3O2S/c13-8-1-3-9(4-2-8)16-10-5-6-12(11(14)7-10)19(15,17)18/h1-7,16H,14H2,(H2,15,17,18). The summed E-state index contributed by atoms with van der Waals surface area (Å²) in [5.41, 5.74) is 7.35. The largest absolute Gasteiger partial charge is 0.398 e. The van der Waals surface area contributed by atoms with Crippen LogP contribution < -0.4 is 16.2 Å². The van der Waals surface area contributed by atoms with Gasteiger partial charge in [-0.25, -0.2) is 13.6 Å². The third kappa shape index (κ3) is 3.46. The third-order valence-corrected chi connectivity index (χ3v) is 3.96. The quantitative estimate of drug-likeness (QED) is 0.746. The minimum absolute atomic E-state index is 0.0751. The predicted octanol–water partition coefficient (Wildman–Crippen LogP) is 2.42. The van der Waals surface area contributed by atoms with E-state index < -0.39 is 10.0 Å². The van der Waals surface area contributed by atoms with Gasteiger partial charge in [-0.1, -0.05) is 15.9 Å². The summed E-state index contributed by atoms with van der Waals surface area (Å²) >= 11 is 3.35. The molecule has 0 fully saturated rings. The van der Waals surface area contributed by atoms with Crippen molar-refractivity contribution in [2.75, 3.05) is 11.1 Å². The number of benzene rings is 2. The van der Waals surface area contributed by atoms with E-state index in [0.29, 0.717) is 5.69 Å². The van der Waals surface area contributed by atoms with Crippen LogP contribution in [0.5, 0.6) is 0 Å². The lowest BCUT2D eigenvalue weighted by molar-refractivity contribution is 0.598. The Morgan fingerprint density at radius 2 is 1.58 bits per heavy atom. The summed E-state index contributed by atoms with van der Waals surface area (Å²) in [5.74, 6) is 0. The first-order chi connectivity index (χ1) is 8.86. The van der Waals surface area contributed by atoms with Crippen LogP contribution in [0.1, 0.15) is 0 Å². The summed E-state index contributed by atoms with van der Waals surface area (Å²) in [7, 11) is -3.79. The molecule has 0 aromatic heterocycles. The van der Waals surface area contributed by atoms with Gasteiger partial charge < -0.3 is 11.1 Å². The number of nitrogens with two attached hydrogens (primary N) is 2. The number of rotatable bonds is 3. The lowest BCUT2D eigenvalue weighted by atomic mass is 10.2. The van der Waals surface area contributed by atoms with E-state index >= 15 is 0 Å². The third-order valence-electron chi connectivity index (χ3n) is 2.45. The molecule has 0 aliphatic heterocycles. The van der Waals surface area contributed by atoms with E-state index in [1.54, 1.807) is 6.07 Å². The maximum absolute atomic E-state index is 11.2. The van der Waals surface area contributed by atoms with E-state index in [1.807, 2.05) is 24.3 Å². The van der Waals surface area contributed by atoms with Crippen molar-refractivity contribution < 1.29 is 8.42 Å². The first-order valence-electron chi connectivity index (χ1n) is 5.31. The van der Waals surface area contributed by atoms with Crippen LogP contribution in [0.25, 0.3) is 0 Å². The topological polar surface area (TPSA) is 98.2 Å². The molecule has 5 N–H and O–H groups in total. The van der Waals surface area contributed by atoms with Crippen LogP contribution in [0.2, 0.25) is 0 Å². The average Bonchev–Trinajstić information content (AvgIpc) is 2.30. The normalized spacial score (nSPS) is 11.3. The highest BCUT2D eigenvalue weighted by Crippen LogP contribution is 2.24. The Hall–Kier alpha value is -1.57. The van der Waals surface area contributed by atoms with Gasteiger partial charge in [0.05, 0.1) is 5.69 Å². The van der Waals surface area contributed by atoms with Crippen molar-refractivity contribution in [3.05, 3.63) is 46.9 Å². The van der Waals surface area contributed by atoms with Crippen molar-refractivity contribution in [3.8, 4) is 0 Å². The van der Waals surface area contributed by atoms with Crippen molar-refractivity contribution in [2.24, 2.45) is 5.14 Å². The zero-order valence-corrected chi connectivity index (χ0v) is 12.2. The van der Waals surface area contributed by atoms with Gasteiger partial charge in [0.25, 0.3) is 0 Å². The molecule has 2 aromatic rings. The first-order valence-corrected chi connectivity index (χ1v) is 7.65. The summed E-state index contributed by atoms with van der Waals surface area (Å²) in [6.07, 6.45) is 0. The molecular formula is C12H12BrN3O2S. The van der Waals surface area contributed by atoms with E-state index in [2.05, 4.69) is 21.2 Å². The first kappa shape index (κ1) is 13.9. The van der Waals surface area contributed by atoms with Crippen LogP contribution in [0.15, 0.2) is 51.8 Å². The number of halogens is 1. The summed E-state index contributed by atoms with van der Waals surface area (Å²) in [6.45, 7) is 0. The molecule has 0 heterocycles. The fraction of sp³-hybridized carbons (Fsp3) is 0. The molecule has 0 atom stereocenters. The number of hydrogen-bond donors (Lipinski definition) is 3. The van der Waals surface area contributed by atoms with E-state index in [0.717, 1.165) is 10.2 Å². The maximum atomic E-state index is 11.2. The fourth-order valence-electron chi connectivity index (χ4n) is 1.59. The van der Waals surface area contributed by atoms with E-state index in [4.69, 9.17) is 10.9 Å². The highest BCUT2D eigenvalue weighted by molar-refractivity contribution is 9.10. The zero-order chi connectivity index (χ0) is 14.0. The van der Waals surface area contributed by atoms with Crippen LogP contribution in [-0.4, -0.2) is 8.42 Å². The number of nitrogens with one attached hydrogen (secondary N) is 1. The molecule has 0 saturated carbocycles. The molecular weight excluding hydrogens is 330 g/mol. The van der Waals surface area contributed by atoms with Crippen LogP contribution >= 0.6 is 15.9 Å². The minimum atomic E-state index is -3.79. The Kier molecular flexibility index (Phi) is 3.79. The maximum Gasteiger partial charge on any atom is 0.240 e. The van der Waals surface area contributed by atoms with Crippen molar-refractivity contribution in [3.63, 3.8) is 0 Å². The molecule has 0 aliphatic rings. The number of sulfonamides is 1. The smallest absolute Gasteiger partial charge is 0.240 e. The Balaban J connectivity index is 2.28. The lowest BCUT2D eigenvalue weighted by Gasteiger charge is -2.09. The van der Waals surface area contributed by atoms with Gasteiger partial charge in [-0.2, -0.15) is 0 Å². The summed E-state index contributed by atoms with van der Waals surface area (Å²) in [6, 6.07) is 12.1. The van der Waals surface area contributed by atoms with E-state index in [9.17, 15) is 8.42 Å². The van der Waals surface area contributed by atoms with Gasteiger partial charge in [0.2, 0.25) is 10.0 Å². The summed E-state index contributed by atoms with van der Waals surface area (Å²) < 4.78 is 23.4. The Labute approximate surface area is 119 Å². The molecule has 0 unspecified atom stereocenters. The Morgan fingerprint density at radius 3 is 2.11 bits per heavy atom. The van der Waals surface area contributed by atoms with Crippen LogP contribution in [0.4, 0.5) is 17.1 Å². The van der Waals surface area contributed by atoms with Gasteiger partial charge in [0.15, 0.2) is 0 Å². The number of hydrogen-bond acceptors (Lipinski definition) is 4. The van der Waals surface area contributed by atoms with Gasteiger partial charge in [0, 0.05) is 15.8 Å². The van der Waals surface area contributed by atoms with Crippen molar-refractivity contribution in [2.45, 2.75) is 4.90 Å². The molecule has 0 bridgehead atoms. The minimum Gasteiger partial charge on any atom is -0.398 e. The van der Waals surface area contributed by atoms with E-state index in [1.165, 1.54) is 12.1 Å². The highest BCUT2D eigenvalue weighted by Gasteiger charge is 2.12. The number of nitrogen functional groups attached to an aromatic ring is 1. The molecule has 0 saturated heterocycles. The number of anilines is 3. The summed E-state index contributed by atoms with van der Waals surface area (Å²) in [4.78, 5) is -0.0751. The monoisotopic (exact) mass is 341 g/mol. The molecule has 2 rings (SSSR count). The lowest BCUT2D eigenvalue weighted by Crippen LogP contribution is -2.14. The molecule has 0 radical (unpaired) electrons. The SMILES string of the molecule is Nc1cc(Nc2ccc(Br)cc2)ccc1S(N)(=O)=O. The highest BCUT2D eigenvalue weighted by atomic mass is 79.9. The van der Waals surface area contributed by atoms with Crippen molar-refractivity contribution in [1.82, 2.24) is 0 Å². The van der Waals surface area contributed by atoms with Crippen LogP contribution in [0, 0.1) is 0 Å². The average molecular weight is 342 g/mol. The van der Waals surface area contributed by atoms with Gasteiger partial charge >= 0.3 is 0 Å². The van der Waals surface area contributed by atoms with Crippen LogP contribution in [-0.2, 0) is 10.0 Å². The molecule has 7 heteroatoms. The number of primary sulfonamides is 1. The molecule has 19 heavy (non-hydrogen) atoms. The van der Waals surface area contributed by atoms with Crippen LogP contribution in [0.3, 0.4) is 0 Å². The second-order valence-electron chi connectivity index (χ2n) is 3.93. The van der Waals surface area contributed by atoms with Gasteiger partial charge in [-0.05, 0) is 42.5 Å². The molecule has 5 nitrogen and oxygen atoms in total. The van der Waals surface area contributed by atoms with Gasteiger partial charge in [0.1, 0.15) is 4.90 Å². The van der Waals surface area contributed by atoms with E-state index in [-0.39, 0.29) is 10.6 Å². The second kappa shape index (κ2) is 5.20. The van der Waals surface area contributed by atoms with Crippen molar-refractivity contribution >= 4 is 43.0 Å². The Bertz CT molecular complexity index is 699.